The van der Waals surface area contributed by atoms with E-state index in [1.807, 2.05) is 0 Å². The van der Waals surface area contributed by atoms with Crippen molar-refractivity contribution >= 4 is 11.9 Å². The van der Waals surface area contributed by atoms with Crippen molar-refractivity contribution < 1.29 is 24.2 Å². The quantitative estimate of drug-likeness (QED) is 0.0541. The summed E-state index contributed by atoms with van der Waals surface area (Å²) < 4.78 is 10.3. The molecule has 5 nitrogen and oxygen atoms in total. The Hall–Kier alpha value is -1.10. The maximum atomic E-state index is 12.0. The van der Waals surface area contributed by atoms with E-state index in [1.165, 1.54) is 173 Å². The molecule has 0 heterocycles. The summed E-state index contributed by atoms with van der Waals surface area (Å²) in [6.07, 6.45) is 40.2. The number of unbranched alkanes of at least 4 members (excludes halogenated alkanes) is 29. The van der Waals surface area contributed by atoms with Crippen LogP contribution in [0.4, 0.5) is 0 Å². The van der Waals surface area contributed by atoms with E-state index in [1.54, 1.807) is 0 Å². The van der Waals surface area contributed by atoms with Crippen LogP contribution in [0, 0.1) is 0 Å². The molecule has 0 aromatic carbocycles. The third-order valence-electron chi connectivity index (χ3n) is 9.09. The number of hydrogen-bond donors (Lipinski definition) is 1. The Morgan fingerprint density at radius 3 is 0.800 bits per heavy atom. The normalized spacial score (nSPS) is 12.0. The van der Waals surface area contributed by atoms with E-state index in [0.717, 1.165) is 25.7 Å². The Morgan fingerprint density at radius 1 is 0.378 bits per heavy atom. The number of ether oxygens (including phenoxy) is 2. The molecule has 1 N–H and O–H groups in total. The summed E-state index contributed by atoms with van der Waals surface area (Å²) in [6.45, 7) is 4.32. The summed E-state index contributed by atoms with van der Waals surface area (Å²) in [6, 6.07) is 0. The Balaban J connectivity index is 3.35. The number of carbonyl (C=O) groups is 2. The lowest BCUT2D eigenvalue weighted by molar-refractivity contribution is -0.152. The largest absolute Gasteiger partial charge is 0.463 e. The molecular formula is C40H78O5. The van der Waals surface area contributed by atoms with Crippen molar-refractivity contribution in [1.29, 1.82) is 0 Å². The average Bonchev–Trinajstić information content (AvgIpc) is 3.04. The van der Waals surface area contributed by atoms with Gasteiger partial charge < -0.3 is 14.6 Å². The molecule has 0 radical (unpaired) electrons. The molecule has 0 amide bonds. The van der Waals surface area contributed by atoms with Gasteiger partial charge in [0.05, 0.1) is 0 Å². The molecule has 1 atom stereocenters. The van der Waals surface area contributed by atoms with Gasteiger partial charge >= 0.3 is 11.9 Å². The molecule has 0 fully saturated rings. The minimum absolute atomic E-state index is 0.107. The van der Waals surface area contributed by atoms with Crippen molar-refractivity contribution in [3.05, 3.63) is 0 Å². The molecule has 0 saturated carbocycles. The smallest absolute Gasteiger partial charge is 0.305 e. The highest BCUT2D eigenvalue weighted by atomic mass is 16.6. The highest BCUT2D eigenvalue weighted by Crippen LogP contribution is 2.16. The molecule has 0 aliphatic carbocycles. The van der Waals surface area contributed by atoms with Crippen LogP contribution in [0.2, 0.25) is 0 Å². The van der Waals surface area contributed by atoms with Crippen LogP contribution in [-0.2, 0) is 19.1 Å². The second-order valence-corrected chi connectivity index (χ2v) is 13.8. The Bertz CT molecular complexity index is 607. The van der Waals surface area contributed by atoms with Crippen molar-refractivity contribution in [1.82, 2.24) is 0 Å². The van der Waals surface area contributed by atoms with Gasteiger partial charge in [-0.2, -0.15) is 0 Å². The average molecular weight is 639 g/mol. The minimum Gasteiger partial charge on any atom is -0.463 e. The van der Waals surface area contributed by atoms with Crippen LogP contribution in [-0.4, -0.2) is 36.4 Å². The van der Waals surface area contributed by atoms with Gasteiger partial charge in [0.25, 0.3) is 0 Å². The lowest BCUT2D eigenvalue weighted by Crippen LogP contribution is -2.25. The predicted octanol–water partition coefficient (Wildman–Crippen LogP) is 12.3. The number of aliphatic hydroxyl groups is 1. The number of esters is 2. The number of aliphatic hydroxyl groups excluding tert-OH is 1. The van der Waals surface area contributed by atoms with Gasteiger partial charge in [-0.25, -0.2) is 0 Å². The van der Waals surface area contributed by atoms with E-state index < -0.39 is 6.10 Å². The predicted molar refractivity (Wildman–Crippen MR) is 192 cm³/mol. The molecule has 5 heteroatoms. The van der Waals surface area contributed by atoms with Gasteiger partial charge in [-0.15, -0.1) is 0 Å². The summed E-state index contributed by atoms with van der Waals surface area (Å²) >= 11 is 0. The van der Waals surface area contributed by atoms with Crippen LogP contribution >= 0.6 is 0 Å². The summed E-state index contributed by atoms with van der Waals surface area (Å²) in [4.78, 5) is 23.9. The van der Waals surface area contributed by atoms with E-state index in [9.17, 15) is 14.7 Å². The fourth-order valence-corrected chi connectivity index (χ4v) is 6.03. The molecule has 0 bridgehead atoms. The van der Waals surface area contributed by atoms with Crippen molar-refractivity contribution in [3.8, 4) is 0 Å². The number of carbonyl (C=O) groups excluding carboxylic acids is 2. The number of rotatable bonds is 37. The zero-order valence-electron chi connectivity index (χ0n) is 30.4. The fraction of sp³-hybridized carbons (Fsp3) is 0.950. The highest BCUT2D eigenvalue weighted by Gasteiger charge is 2.12. The van der Waals surface area contributed by atoms with Crippen LogP contribution in [0.15, 0.2) is 0 Å². The van der Waals surface area contributed by atoms with Gasteiger partial charge in [-0.05, 0) is 12.8 Å². The molecule has 0 spiro atoms. The zero-order chi connectivity index (χ0) is 32.9. The first-order valence-electron chi connectivity index (χ1n) is 20.1. The highest BCUT2D eigenvalue weighted by molar-refractivity contribution is 5.69. The van der Waals surface area contributed by atoms with Crippen molar-refractivity contribution in [2.45, 2.75) is 232 Å². The Morgan fingerprint density at radius 2 is 0.578 bits per heavy atom. The van der Waals surface area contributed by atoms with Gasteiger partial charge in [0.2, 0.25) is 0 Å². The lowest BCUT2D eigenvalue weighted by Gasteiger charge is -2.12. The van der Waals surface area contributed by atoms with Gasteiger partial charge in [-0.1, -0.05) is 200 Å². The molecule has 0 aromatic rings. The van der Waals surface area contributed by atoms with E-state index in [-0.39, 0.29) is 25.2 Å². The van der Waals surface area contributed by atoms with Crippen LogP contribution < -0.4 is 0 Å². The van der Waals surface area contributed by atoms with Gasteiger partial charge in [-0.3, -0.25) is 9.59 Å². The zero-order valence-corrected chi connectivity index (χ0v) is 30.4. The van der Waals surface area contributed by atoms with E-state index in [0.29, 0.717) is 12.8 Å². The first kappa shape index (κ1) is 43.9. The lowest BCUT2D eigenvalue weighted by atomic mass is 10.0. The maximum Gasteiger partial charge on any atom is 0.305 e. The van der Waals surface area contributed by atoms with E-state index in [2.05, 4.69) is 13.8 Å². The molecule has 0 aliphatic heterocycles. The van der Waals surface area contributed by atoms with Crippen LogP contribution in [0.1, 0.15) is 226 Å². The summed E-state index contributed by atoms with van der Waals surface area (Å²) in [5.41, 5.74) is 0. The SMILES string of the molecule is CCCCCCCCCCCCCCCCCCCCCC(=O)OC[C@H](O)COC(=O)CCCCCCCCCCCCCC. The van der Waals surface area contributed by atoms with Crippen LogP contribution in [0.3, 0.4) is 0 Å². The standard InChI is InChI=1S/C40H78O5/c1-3-5-7-9-11-13-15-17-18-19-20-21-22-23-25-27-29-31-33-35-40(43)45-37-38(41)36-44-39(42)34-32-30-28-26-24-16-14-12-10-8-6-4-2/h38,41H,3-37H2,1-2H3/t38-/m1/s1. The molecule has 0 unspecified atom stereocenters. The molecule has 0 aromatic heterocycles. The van der Waals surface area contributed by atoms with Crippen molar-refractivity contribution in [2.24, 2.45) is 0 Å². The van der Waals surface area contributed by atoms with Gasteiger partial charge in [0, 0.05) is 12.8 Å². The molecule has 0 saturated heterocycles. The summed E-state index contributed by atoms with van der Waals surface area (Å²) in [5.74, 6) is -0.551. The Kier molecular flexibility index (Phi) is 36.4. The molecule has 0 aliphatic rings. The summed E-state index contributed by atoms with van der Waals surface area (Å²) in [7, 11) is 0. The van der Waals surface area contributed by atoms with Crippen LogP contribution in [0.25, 0.3) is 0 Å². The van der Waals surface area contributed by atoms with E-state index >= 15 is 0 Å². The molecule has 268 valence electrons. The van der Waals surface area contributed by atoms with Crippen LogP contribution in [0.5, 0.6) is 0 Å². The first-order chi connectivity index (χ1) is 22.1. The monoisotopic (exact) mass is 639 g/mol. The number of hydrogen-bond acceptors (Lipinski definition) is 5. The topological polar surface area (TPSA) is 72.8 Å². The maximum absolute atomic E-state index is 12.0. The molecule has 0 rings (SSSR count). The fourth-order valence-electron chi connectivity index (χ4n) is 6.03. The second-order valence-electron chi connectivity index (χ2n) is 13.8. The first-order valence-corrected chi connectivity index (χ1v) is 20.1. The third-order valence-corrected chi connectivity index (χ3v) is 9.09. The third kappa shape index (κ3) is 37.2. The minimum atomic E-state index is -0.954. The second kappa shape index (κ2) is 37.4. The summed E-state index contributed by atoms with van der Waals surface area (Å²) in [5, 5.41) is 10.00. The molecule has 45 heavy (non-hydrogen) atoms. The van der Waals surface area contributed by atoms with Crippen molar-refractivity contribution in [3.63, 3.8) is 0 Å². The van der Waals surface area contributed by atoms with E-state index in [4.69, 9.17) is 9.47 Å². The van der Waals surface area contributed by atoms with Crippen molar-refractivity contribution in [2.75, 3.05) is 13.2 Å². The van der Waals surface area contributed by atoms with Gasteiger partial charge in [0.1, 0.15) is 19.3 Å². The Labute approximate surface area is 280 Å². The van der Waals surface area contributed by atoms with Gasteiger partial charge in [0.15, 0.2) is 0 Å². The molecular weight excluding hydrogens is 560 g/mol.